The number of pyridine rings is 4. The average Bonchev–Trinajstić information content (AvgIpc) is 3.33. The van der Waals surface area contributed by atoms with Crippen molar-refractivity contribution in [2.75, 3.05) is 13.2 Å². The molecular weight excluding hydrogens is 614 g/mol. The molecule has 4 atom stereocenters. The van der Waals surface area contributed by atoms with Crippen LogP contribution in [0.15, 0.2) is 85.7 Å². The van der Waals surface area contributed by atoms with E-state index in [1.165, 1.54) is 55.0 Å². The summed E-state index contributed by atoms with van der Waals surface area (Å²) in [6.07, 6.45) is 1.85. The summed E-state index contributed by atoms with van der Waals surface area (Å²) >= 11 is 0. The van der Waals surface area contributed by atoms with Crippen molar-refractivity contribution in [3.05, 3.63) is 120 Å². The molecule has 1 saturated heterocycles. The van der Waals surface area contributed by atoms with Crippen molar-refractivity contribution >= 4 is 23.9 Å². The van der Waals surface area contributed by atoms with Crippen LogP contribution >= 0.6 is 0 Å². The van der Waals surface area contributed by atoms with E-state index in [0.717, 1.165) is 30.7 Å². The molecule has 0 amide bonds. The number of esters is 4. The number of ether oxygens (including phenoxy) is 5. The summed E-state index contributed by atoms with van der Waals surface area (Å²) in [5, 5.41) is 11.7. The topological polar surface area (TPSA) is 186 Å². The molecule has 16 heteroatoms. The SMILES string of the molecule is O=C(OCC1(O)OC(COC(=O)c2cccnc2F)C(OC(=O)c2cccnc2F)C1OC(=O)c1cccnc1)c1cccnc1. The number of halogens is 2. The molecule has 0 spiro atoms. The first-order valence-electron chi connectivity index (χ1n) is 13.3. The molecule has 1 N–H and O–H groups in total. The van der Waals surface area contributed by atoms with E-state index in [0.29, 0.717) is 0 Å². The van der Waals surface area contributed by atoms with Gasteiger partial charge in [0.25, 0.3) is 0 Å². The Balaban J connectivity index is 1.47. The fourth-order valence-corrected chi connectivity index (χ4v) is 4.29. The predicted octanol–water partition coefficient (Wildman–Crippen LogP) is 2.10. The Kier molecular flexibility index (Phi) is 9.58. The maximum absolute atomic E-state index is 14.4. The number of carbonyl (C=O) groups is 4. The van der Waals surface area contributed by atoms with Crippen molar-refractivity contribution in [1.29, 1.82) is 0 Å². The van der Waals surface area contributed by atoms with Crippen molar-refractivity contribution in [3.63, 3.8) is 0 Å². The molecule has 14 nitrogen and oxygen atoms in total. The van der Waals surface area contributed by atoms with Crippen LogP contribution in [-0.2, 0) is 23.7 Å². The van der Waals surface area contributed by atoms with Crippen LogP contribution in [0.4, 0.5) is 8.78 Å². The molecule has 0 aliphatic carbocycles. The van der Waals surface area contributed by atoms with Crippen LogP contribution in [0.5, 0.6) is 0 Å². The third-order valence-corrected chi connectivity index (χ3v) is 6.48. The third kappa shape index (κ3) is 7.14. The van der Waals surface area contributed by atoms with E-state index >= 15 is 0 Å². The number of aromatic nitrogens is 4. The lowest BCUT2D eigenvalue weighted by atomic mass is 10.0. The molecule has 4 unspecified atom stereocenters. The van der Waals surface area contributed by atoms with E-state index in [1.807, 2.05) is 0 Å². The second kappa shape index (κ2) is 13.9. The first kappa shape index (κ1) is 31.7. The van der Waals surface area contributed by atoms with E-state index < -0.39 is 84.2 Å². The van der Waals surface area contributed by atoms with Gasteiger partial charge in [-0.3, -0.25) is 9.97 Å². The Morgan fingerprint density at radius 3 is 1.87 bits per heavy atom. The van der Waals surface area contributed by atoms with Crippen LogP contribution in [-0.4, -0.2) is 86.2 Å². The Hall–Kier alpha value is -5.74. The number of hydrogen-bond donors (Lipinski definition) is 1. The highest BCUT2D eigenvalue weighted by Crippen LogP contribution is 2.36. The van der Waals surface area contributed by atoms with Gasteiger partial charge in [0.2, 0.25) is 17.7 Å². The summed E-state index contributed by atoms with van der Waals surface area (Å²) in [4.78, 5) is 65.9. The maximum atomic E-state index is 14.4. The monoisotopic (exact) mass is 636 g/mol. The molecule has 236 valence electrons. The minimum Gasteiger partial charge on any atom is -0.459 e. The molecule has 0 aromatic carbocycles. The molecule has 1 fully saturated rings. The second-order valence-corrected chi connectivity index (χ2v) is 9.54. The summed E-state index contributed by atoms with van der Waals surface area (Å²) in [5.74, 6) is -9.67. The number of hydrogen-bond acceptors (Lipinski definition) is 14. The van der Waals surface area contributed by atoms with Gasteiger partial charge in [-0.1, -0.05) is 0 Å². The molecule has 4 aromatic rings. The zero-order chi connectivity index (χ0) is 32.7. The molecule has 1 aliphatic rings. The zero-order valence-electron chi connectivity index (χ0n) is 23.4. The molecule has 0 radical (unpaired) electrons. The van der Waals surface area contributed by atoms with Crippen LogP contribution in [0, 0.1) is 11.9 Å². The second-order valence-electron chi connectivity index (χ2n) is 9.54. The van der Waals surface area contributed by atoms with Gasteiger partial charge in [0.15, 0.2) is 12.2 Å². The number of aliphatic hydroxyl groups is 1. The van der Waals surface area contributed by atoms with Gasteiger partial charge in [-0.2, -0.15) is 8.78 Å². The Morgan fingerprint density at radius 2 is 1.30 bits per heavy atom. The van der Waals surface area contributed by atoms with Crippen LogP contribution < -0.4 is 0 Å². The highest BCUT2D eigenvalue weighted by molar-refractivity contribution is 5.91. The Morgan fingerprint density at radius 1 is 0.739 bits per heavy atom. The molecule has 46 heavy (non-hydrogen) atoms. The molecule has 5 rings (SSSR count). The lowest BCUT2D eigenvalue weighted by Gasteiger charge is -2.29. The highest BCUT2D eigenvalue weighted by Gasteiger charge is 2.60. The molecule has 0 bridgehead atoms. The minimum atomic E-state index is -2.75. The van der Waals surface area contributed by atoms with Crippen LogP contribution in [0.25, 0.3) is 0 Å². The largest absolute Gasteiger partial charge is 0.459 e. The highest BCUT2D eigenvalue weighted by atomic mass is 19.1. The molecular formula is C30H22F2N4O10. The van der Waals surface area contributed by atoms with Gasteiger partial charge in [0.1, 0.15) is 30.4 Å². The van der Waals surface area contributed by atoms with Crippen molar-refractivity contribution in [2.45, 2.75) is 24.1 Å². The fourth-order valence-electron chi connectivity index (χ4n) is 4.29. The Bertz CT molecular complexity index is 1730. The van der Waals surface area contributed by atoms with Gasteiger partial charge in [0.05, 0.1) is 11.1 Å². The lowest BCUT2D eigenvalue weighted by molar-refractivity contribution is -0.247. The Labute approximate surface area is 257 Å². The van der Waals surface area contributed by atoms with E-state index in [-0.39, 0.29) is 11.1 Å². The summed E-state index contributed by atoms with van der Waals surface area (Å²) in [5.41, 5.74) is -1.28. The quantitative estimate of drug-likeness (QED) is 0.151. The van der Waals surface area contributed by atoms with Gasteiger partial charge in [-0.15, -0.1) is 0 Å². The van der Waals surface area contributed by atoms with Crippen molar-refractivity contribution in [3.8, 4) is 0 Å². The van der Waals surface area contributed by atoms with Gasteiger partial charge >= 0.3 is 23.9 Å². The smallest absolute Gasteiger partial charge is 0.343 e. The minimum absolute atomic E-state index is 0.00740. The van der Waals surface area contributed by atoms with Gasteiger partial charge in [0, 0.05) is 37.2 Å². The van der Waals surface area contributed by atoms with Crippen LogP contribution in [0.2, 0.25) is 0 Å². The molecule has 0 saturated carbocycles. The van der Waals surface area contributed by atoms with Crippen molar-refractivity contribution in [1.82, 2.24) is 19.9 Å². The van der Waals surface area contributed by atoms with Crippen LogP contribution in [0.3, 0.4) is 0 Å². The van der Waals surface area contributed by atoms with Crippen molar-refractivity contribution in [2.24, 2.45) is 0 Å². The first-order valence-corrected chi connectivity index (χ1v) is 13.3. The normalized spacial score (nSPS) is 20.4. The number of carbonyl (C=O) groups excluding carboxylic acids is 4. The van der Waals surface area contributed by atoms with E-state index in [1.54, 1.807) is 0 Å². The number of rotatable bonds is 10. The third-order valence-electron chi connectivity index (χ3n) is 6.48. The molecule has 1 aliphatic heterocycles. The first-order chi connectivity index (χ1) is 22.2. The average molecular weight is 637 g/mol. The summed E-state index contributed by atoms with van der Waals surface area (Å²) in [6, 6.07) is 10.3. The van der Waals surface area contributed by atoms with Crippen LogP contribution in [0.1, 0.15) is 41.4 Å². The molecule has 4 aromatic heterocycles. The zero-order valence-corrected chi connectivity index (χ0v) is 23.4. The summed E-state index contributed by atoms with van der Waals surface area (Å²) in [6.45, 7) is -1.84. The van der Waals surface area contributed by atoms with Gasteiger partial charge < -0.3 is 28.8 Å². The van der Waals surface area contributed by atoms with Gasteiger partial charge in [-0.05, 0) is 48.5 Å². The number of nitrogens with zero attached hydrogens (tertiary/aromatic N) is 4. The van der Waals surface area contributed by atoms with Crippen molar-refractivity contribution < 1.29 is 56.7 Å². The maximum Gasteiger partial charge on any atom is 0.343 e. The van der Waals surface area contributed by atoms with E-state index in [2.05, 4.69) is 19.9 Å². The summed E-state index contributed by atoms with van der Waals surface area (Å²) < 4.78 is 55.5. The molecule has 5 heterocycles. The predicted molar refractivity (Wildman–Crippen MR) is 146 cm³/mol. The van der Waals surface area contributed by atoms with E-state index in [9.17, 15) is 33.1 Å². The van der Waals surface area contributed by atoms with Gasteiger partial charge in [-0.25, -0.2) is 29.1 Å². The van der Waals surface area contributed by atoms with E-state index in [4.69, 9.17) is 23.7 Å². The summed E-state index contributed by atoms with van der Waals surface area (Å²) in [7, 11) is 0. The lowest BCUT2D eigenvalue weighted by Crippen LogP contribution is -2.51. The fraction of sp³-hybridized carbons (Fsp3) is 0.200. The standard InChI is InChI=1S/C30H22F2N4O10/c31-24-19(7-3-11-35-24)28(39)42-15-21-22(44-29(40)20-8-4-12-36-25(20)32)23(45-27(38)18-6-2-10-34-14-18)30(41,46-21)16-43-26(37)17-5-1-9-33-13-17/h1-14,21-23,41H,15-16H2.